The van der Waals surface area contributed by atoms with Crippen LogP contribution in [0, 0.1) is 6.92 Å². The van der Waals surface area contributed by atoms with Crippen LogP contribution in [-0.2, 0) is 6.54 Å². The molecule has 0 saturated carbocycles. The molecule has 1 aliphatic rings. The minimum absolute atomic E-state index is 0.109. The van der Waals surface area contributed by atoms with E-state index in [1.165, 1.54) is 17.7 Å². The van der Waals surface area contributed by atoms with Gasteiger partial charge in [0.15, 0.2) is 0 Å². The van der Waals surface area contributed by atoms with Crippen LogP contribution in [0.25, 0.3) is 10.2 Å². The van der Waals surface area contributed by atoms with Crippen LogP contribution < -0.4 is 5.32 Å². The summed E-state index contributed by atoms with van der Waals surface area (Å²) in [5, 5.41) is 4.22. The van der Waals surface area contributed by atoms with Crippen molar-refractivity contribution in [2.24, 2.45) is 0 Å². The van der Waals surface area contributed by atoms with Crippen LogP contribution in [0.5, 0.6) is 0 Å². The van der Waals surface area contributed by atoms with Gasteiger partial charge in [-0.25, -0.2) is 9.97 Å². The Labute approximate surface area is 153 Å². The molecule has 0 aliphatic carbocycles. The first-order chi connectivity index (χ1) is 12.2. The highest BCUT2D eigenvalue weighted by Gasteiger charge is 2.24. The average molecular weight is 374 g/mol. The molecule has 4 heterocycles. The van der Waals surface area contributed by atoms with E-state index in [1.807, 2.05) is 35.7 Å². The quantitative estimate of drug-likeness (QED) is 0.755. The largest absolute Gasteiger partial charge is 0.467 e. The Morgan fingerprint density at radius 1 is 1.36 bits per heavy atom. The number of rotatable bonds is 4. The summed E-state index contributed by atoms with van der Waals surface area (Å²) in [4.78, 5) is 25.2. The monoisotopic (exact) mass is 374 g/mol. The molecule has 0 atom stereocenters. The highest BCUT2D eigenvalue weighted by Crippen LogP contribution is 2.34. The summed E-state index contributed by atoms with van der Waals surface area (Å²) in [5.74, 6) is 3.69. The normalized spacial score (nSPS) is 14.8. The van der Waals surface area contributed by atoms with E-state index in [0.717, 1.165) is 56.8 Å². The van der Waals surface area contributed by atoms with E-state index in [-0.39, 0.29) is 5.91 Å². The van der Waals surface area contributed by atoms with Crippen LogP contribution in [0.15, 0.2) is 29.1 Å². The minimum atomic E-state index is 0.109. The van der Waals surface area contributed by atoms with Gasteiger partial charge in [0.2, 0.25) is 0 Å². The van der Waals surface area contributed by atoms with Crippen molar-refractivity contribution in [3.63, 3.8) is 0 Å². The van der Waals surface area contributed by atoms with E-state index >= 15 is 0 Å². The van der Waals surface area contributed by atoms with Crippen molar-refractivity contribution in [1.29, 1.82) is 0 Å². The lowest BCUT2D eigenvalue weighted by Crippen LogP contribution is -2.37. The maximum atomic E-state index is 12.9. The second-order valence-electron chi connectivity index (χ2n) is 5.80. The first-order valence-corrected chi connectivity index (χ1v) is 10.1. The molecule has 0 unspecified atom stereocenters. The lowest BCUT2D eigenvalue weighted by atomic mass is 10.2. The van der Waals surface area contributed by atoms with E-state index in [2.05, 4.69) is 15.3 Å². The lowest BCUT2D eigenvalue weighted by molar-refractivity contribution is 0.0776. The molecule has 1 aliphatic heterocycles. The molecular weight excluding hydrogens is 356 g/mol. The molecule has 0 radical (unpaired) electrons. The third-order valence-electron chi connectivity index (χ3n) is 4.23. The predicted octanol–water partition coefficient (Wildman–Crippen LogP) is 3.39. The topological polar surface area (TPSA) is 71.3 Å². The molecule has 25 heavy (non-hydrogen) atoms. The molecule has 1 amide bonds. The molecule has 1 fully saturated rings. The van der Waals surface area contributed by atoms with Gasteiger partial charge in [-0.3, -0.25) is 4.79 Å². The van der Waals surface area contributed by atoms with E-state index in [0.29, 0.717) is 6.54 Å². The Balaban J connectivity index is 1.64. The number of thioether (sulfide) groups is 1. The summed E-state index contributed by atoms with van der Waals surface area (Å²) >= 11 is 3.35. The summed E-state index contributed by atoms with van der Waals surface area (Å²) in [6.07, 6.45) is 3.19. The van der Waals surface area contributed by atoms with Crippen molar-refractivity contribution in [2.45, 2.75) is 13.5 Å². The number of carbonyl (C=O) groups excluding carboxylic acids is 1. The molecular formula is C17H18N4O2S2. The maximum absolute atomic E-state index is 12.9. The fraction of sp³-hybridized carbons (Fsp3) is 0.353. The molecule has 3 aromatic heterocycles. The summed E-state index contributed by atoms with van der Waals surface area (Å²) in [6.45, 7) is 4.14. The smallest absolute Gasteiger partial charge is 0.264 e. The molecule has 4 rings (SSSR count). The molecule has 1 N–H and O–H groups in total. The molecule has 0 aromatic carbocycles. The van der Waals surface area contributed by atoms with Gasteiger partial charge in [-0.1, -0.05) is 0 Å². The van der Waals surface area contributed by atoms with Crippen LogP contribution >= 0.6 is 23.1 Å². The van der Waals surface area contributed by atoms with E-state index in [9.17, 15) is 4.79 Å². The summed E-state index contributed by atoms with van der Waals surface area (Å²) < 4.78 is 5.35. The van der Waals surface area contributed by atoms with Gasteiger partial charge in [0.25, 0.3) is 5.91 Å². The van der Waals surface area contributed by atoms with E-state index in [1.54, 1.807) is 6.26 Å². The Kier molecular flexibility index (Phi) is 4.63. The van der Waals surface area contributed by atoms with Crippen LogP contribution in [0.1, 0.15) is 21.0 Å². The minimum Gasteiger partial charge on any atom is -0.467 e. The third kappa shape index (κ3) is 3.23. The molecule has 3 aromatic rings. The van der Waals surface area contributed by atoms with E-state index in [4.69, 9.17) is 4.42 Å². The summed E-state index contributed by atoms with van der Waals surface area (Å²) in [7, 11) is 0. The highest BCUT2D eigenvalue weighted by atomic mass is 32.2. The fourth-order valence-electron chi connectivity index (χ4n) is 2.90. The van der Waals surface area contributed by atoms with Crippen LogP contribution in [0.3, 0.4) is 0 Å². The van der Waals surface area contributed by atoms with E-state index < -0.39 is 0 Å². The van der Waals surface area contributed by atoms with Crippen molar-refractivity contribution in [1.82, 2.24) is 14.9 Å². The second-order valence-corrected chi connectivity index (χ2v) is 8.02. The number of furan rings is 1. The van der Waals surface area contributed by atoms with Gasteiger partial charge in [0, 0.05) is 24.6 Å². The second kappa shape index (κ2) is 7.05. The number of amides is 1. The Morgan fingerprint density at radius 3 is 2.96 bits per heavy atom. The Morgan fingerprint density at radius 2 is 2.20 bits per heavy atom. The Bertz CT molecular complexity index is 886. The standard InChI is InChI=1S/C17H18N4O2S2/c1-11-13-15(18-9-12-3-2-6-23-12)19-10-20-16(13)25-14(11)17(22)21-4-7-24-8-5-21/h2-3,6,10H,4-5,7-9H2,1H3,(H,18,19,20). The molecule has 0 bridgehead atoms. The number of hydrogen-bond acceptors (Lipinski definition) is 7. The molecule has 6 nitrogen and oxygen atoms in total. The zero-order valence-corrected chi connectivity index (χ0v) is 15.5. The van der Waals surface area contributed by atoms with Crippen molar-refractivity contribution in [2.75, 3.05) is 29.9 Å². The van der Waals surface area contributed by atoms with Crippen molar-refractivity contribution in [3.8, 4) is 0 Å². The number of aryl methyl sites for hydroxylation is 1. The van der Waals surface area contributed by atoms with Crippen LogP contribution in [0.4, 0.5) is 5.82 Å². The van der Waals surface area contributed by atoms with Gasteiger partial charge < -0.3 is 14.6 Å². The van der Waals surface area contributed by atoms with Gasteiger partial charge in [0.1, 0.15) is 22.7 Å². The van der Waals surface area contributed by atoms with Gasteiger partial charge >= 0.3 is 0 Å². The van der Waals surface area contributed by atoms with Crippen molar-refractivity contribution in [3.05, 3.63) is 40.9 Å². The number of carbonyl (C=O) groups is 1. The number of aromatic nitrogens is 2. The molecule has 0 spiro atoms. The number of anilines is 1. The average Bonchev–Trinajstić information content (AvgIpc) is 3.28. The first kappa shape index (κ1) is 16.4. The number of hydrogen-bond donors (Lipinski definition) is 1. The number of nitrogens with one attached hydrogen (secondary N) is 1. The summed E-state index contributed by atoms with van der Waals surface area (Å²) in [6, 6.07) is 3.77. The van der Waals surface area contributed by atoms with Crippen LogP contribution in [0.2, 0.25) is 0 Å². The van der Waals surface area contributed by atoms with Crippen LogP contribution in [-0.4, -0.2) is 45.4 Å². The zero-order chi connectivity index (χ0) is 17.2. The molecule has 8 heteroatoms. The molecule has 130 valence electrons. The predicted molar refractivity (Wildman–Crippen MR) is 101 cm³/mol. The third-order valence-corrected chi connectivity index (χ3v) is 6.36. The first-order valence-electron chi connectivity index (χ1n) is 8.11. The fourth-order valence-corrected chi connectivity index (χ4v) is 4.92. The van der Waals surface area contributed by atoms with Gasteiger partial charge in [-0.2, -0.15) is 11.8 Å². The number of fused-ring (bicyclic) bond motifs is 1. The van der Waals surface area contributed by atoms with Crippen molar-refractivity contribution < 1.29 is 9.21 Å². The number of thiophene rings is 1. The zero-order valence-electron chi connectivity index (χ0n) is 13.8. The van der Waals surface area contributed by atoms with Gasteiger partial charge in [-0.15, -0.1) is 11.3 Å². The lowest BCUT2D eigenvalue weighted by Gasteiger charge is -2.26. The SMILES string of the molecule is Cc1c(C(=O)N2CCSCC2)sc2ncnc(NCc3ccco3)c12. The molecule has 1 saturated heterocycles. The Hall–Kier alpha value is -2.06. The van der Waals surface area contributed by atoms with Gasteiger partial charge in [0.05, 0.1) is 23.1 Å². The number of nitrogens with zero attached hydrogens (tertiary/aromatic N) is 3. The van der Waals surface area contributed by atoms with Gasteiger partial charge in [-0.05, 0) is 24.6 Å². The highest BCUT2D eigenvalue weighted by molar-refractivity contribution is 7.99. The maximum Gasteiger partial charge on any atom is 0.264 e. The van der Waals surface area contributed by atoms with Crippen molar-refractivity contribution >= 4 is 45.0 Å². The summed E-state index contributed by atoms with van der Waals surface area (Å²) in [5.41, 5.74) is 0.950.